The van der Waals surface area contributed by atoms with Crippen LogP contribution in [0.2, 0.25) is 0 Å². The molecule has 1 saturated heterocycles. The van der Waals surface area contributed by atoms with Crippen molar-refractivity contribution in [2.45, 2.75) is 19.4 Å². The molecule has 0 bridgehead atoms. The maximum Gasteiger partial charge on any atom is 0.334 e. The van der Waals surface area contributed by atoms with Crippen molar-refractivity contribution in [3.8, 4) is 0 Å². The molecule has 20 heavy (non-hydrogen) atoms. The smallest absolute Gasteiger partial charge is 0.334 e. The van der Waals surface area contributed by atoms with E-state index in [1.807, 2.05) is 0 Å². The van der Waals surface area contributed by atoms with Crippen LogP contribution in [0.5, 0.6) is 0 Å². The SMILES string of the molecule is CCc1nn(C)c(N2CCOCC2C(=O)O)c1[N+](=O)[O-]. The standard InChI is InChI=1S/C11H16N4O5/c1-3-7-9(15(18)19)10(13(2)12-7)14-4-5-20-6-8(14)11(16)17/h8H,3-6H2,1-2H3,(H,16,17). The first-order valence-electron chi connectivity index (χ1n) is 6.24. The second kappa shape index (κ2) is 5.45. The number of nitrogens with zero attached hydrogens (tertiary/aromatic N) is 4. The summed E-state index contributed by atoms with van der Waals surface area (Å²) in [7, 11) is 1.58. The number of carboxylic acid groups (broad SMARTS) is 1. The van der Waals surface area contributed by atoms with Gasteiger partial charge in [-0.1, -0.05) is 6.92 Å². The van der Waals surface area contributed by atoms with Crippen LogP contribution in [0.4, 0.5) is 11.5 Å². The Kier molecular flexibility index (Phi) is 3.89. The molecule has 0 spiro atoms. The third-order valence-electron chi connectivity index (χ3n) is 3.27. The lowest BCUT2D eigenvalue weighted by Gasteiger charge is -2.33. The average Bonchev–Trinajstić information content (AvgIpc) is 2.75. The molecular formula is C11H16N4O5. The van der Waals surface area contributed by atoms with Crippen LogP contribution in [0, 0.1) is 10.1 Å². The summed E-state index contributed by atoms with van der Waals surface area (Å²) in [6.45, 7) is 2.38. The van der Waals surface area contributed by atoms with Gasteiger partial charge in [0.1, 0.15) is 5.69 Å². The maximum atomic E-state index is 11.3. The molecule has 9 nitrogen and oxygen atoms in total. The molecule has 2 heterocycles. The minimum absolute atomic E-state index is 0.000867. The summed E-state index contributed by atoms with van der Waals surface area (Å²) in [5.41, 5.74) is 0.228. The second-order valence-electron chi connectivity index (χ2n) is 4.48. The van der Waals surface area contributed by atoms with Gasteiger partial charge < -0.3 is 14.7 Å². The number of ether oxygens (including phenoxy) is 1. The van der Waals surface area contributed by atoms with Crippen molar-refractivity contribution in [3.63, 3.8) is 0 Å². The Bertz CT molecular complexity index is 541. The summed E-state index contributed by atoms with van der Waals surface area (Å²) < 4.78 is 6.52. The zero-order valence-corrected chi connectivity index (χ0v) is 11.3. The third-order valence-corrected chi connectivity index (χ3v) is 3.27. The van der Waals surface area contributed by atoms with Crippen molar-refractivity contribution in [1.29, 1.82) is 0 Å². The first-order chi connectivity index (χ1) is 9.47. The molecule has 0 aromatic carbocycles. The van der Waals surface area contributed by atoms with Crippen LogP contribution >= 0.6 is 0 Å². The fourth-order valence-corrected chi connectivity index (χ4v) is 2.37. The Hall–Kier alpha value is -2.16. The third kappa shape index (κ3) is 2.31. The van der Waals surface area contributed by atoms with E-state index in [2.05, 4.69) is 5.10 Å². The minimum Gasteiger partial charge on any atom is -0.480 e. The van der Waals surface area contributed by atoms with Gasteiger partial charge in [0.15, 0.2) is 6.04 Å². The van der Waals surface area contributed by atoms with Crippen LogP contribution in [0.25, 0.3) is 0 Å². The summed E-state index contributed by atoms with van der Waals surface area (Å²) in [5.74, 6) is -0.846. The van der Waals surface area contributed by atoms with Crippen molar-refractivity contribution in [3.05, 3.63) is 15.8 Å². The zero-order chi connectivity index (χ0) is 14.9. The summed E-state index contributed by atoms with van der Waals surface area (Å²) in [6, 6.07) is -0.942. The van der Waals surface area contributed by atoms with Crippen molar-refractivity contribution in [2.24, 2.45) is 7.05 Å². The van der Waals surface area contributed by atoms with E-state index < -0.39 is 16.9 Å². The van der Waals surface area contributed by atoms with Crippen molar-refractivity contribution >= 4 is 17.5 Å². The zero-order valence-electron chi connectivity index (χ0n) is 11.3. The lowest BCUT2D eigenvalue weighted by atomic mass is 10.2. The van der Waals surface area contributed by atoms with E-state index in [1.54, 1.807) is 14.0 Å². The number of carbonyl (C=O) groups is 1. The van der Waals surface area contributed by atoms with E-state index in [9.17, 15) is 20.0 Å². The van der Waals surface area contributed by atoms with Gasteiger partial charge in [-0.25, -0.2) is 9.48 Å². The molecule has 110 valence electrons. The predicted molar refractivity (Wildman–Crippen MR) is 68.8 cm³/mol. The molecule has 1 fully saturated rings. The van der Waals surface area contributed by atoms with E-state index >= 15 is 0 Å². The number of aromatic nitrogens is 2. The molecular weight excluding hydrogens is 268 g/mol. The molecule has 1 unspecified atom stereocenters. The summed E-state index contributed by atoms with van der Waals surface area (Å²) in [6.07, 6.45) is 0.409. The number of hydrogen-bond donors (Lipinski definition) is 1. The Morgan fingerprint density at radius 3 is 2.90 bits per heavy atom. The molecule has 9 heteroatoms. The molecule has 1 atom stereocenters. The van der Waals surface area contributed by atoms with Crippen molar-refractivity contribution in [2.75, 3.05) is 24.7 Å². The normalized spacial score (nSPS) is 19.1. The molecule has 2 rings (SSSR count). The average molecular weight is 284 g/mol. The minimum atomic E-state index is -1.07. The van der Waals surface area contributed by atoms with Gasteiger partial charge in [0, 0.05) is 13.6 Å². The number of nitro groups is 1. The predicted octanol–water partition coefficient (Wildman–Crippen LogP) is 0.181. The van der Waals surface area contributed by atoms with E-state index in [1.165, 1.54) is 9.58 Å². The van der Waals surface area contributed by atoms with Gasteiger partial charge in [0.2, 0.25) is 5.82 Å². The van der Waals surface area contributed by atoms with Gasteiger partial charge in [0.05, 0.1) is 18.1 Å². The van der Waals surface area contributed by atoms with E-state index in [0.29, 0.717) is 18.7 Å². The molecule has 1 aliphatic heterocycles. The van der Waals surface area contributed by atoms with Crippen LogP contribution in [-0.4, -0.2) is 51.6 Å². The van der Waals surface area contributed by atoms with Crippen molar-refractivity contribution in [1.82, 2.24) is 9.78 Å². The first-order valence-corrected chi connectivity index (χ1v) is 6.24. The first kappa shape index (κ1) is 14.3. The van der Waals surface area contributed by atoms with Crippen LogP contribution in [-0.2, 0) is 23.0 Å². The number of aryl methyl sites for hydroxylation is 2. The molecule has 0 amide bonds. The van der Waals surface area contributed by atoms with Crippen LogP contribution in [0.1, 0.15) is 12.6 Å². The number of morpholine rings is 1. The summed E-state index contributed by atoms with van der Waals surface area (Å²) in [5, 5.41) is 24.6. The van der Waals surface area contributed by atoms with Gasteiger partial charge in [0.25, 0.3) is 0 Å². The van der Waals surface area contributed by atoms with Crippen LogP contribution < -0.4 is 4.90 Å². The Morgan fingerprint density at radius 1 is 1.65 bits per heavy atom. The van der Waals surface area contributed by atoms with E-state index in [0.717, 1.165) is 0 Å². The number of rotatable bonds is 4. The number of anilines is 1. The van der Waals surface area contributed by atoms with Gasteiger partial charge in [-0.05, 0) is 6.42 Å². The van der Waals surface area contributed by atoms with E-state index in [-0.39, 0.29) is 24.7 Å². The van der Waals surface area contributed by atoms with E-state index in [4.69, 9.17) is 4.74 Å². The molecule has 1 aliphatic rings. The molecule has 0 saturated carbocycles. The fraction of sp³-hybridized carbons (Fsp3) is 0.636. The van der Waals surface area contributed by atoms with Crippen molar-refractivity contribution < 1.29 is 19.6 Å². The Labute approximate surface area is 114 Å². The highest BCUT2D eigenvalue weighted by atomic mass is 16.6. The fourth-order valence-electron chi connectivity index (χ4n) is 2.37. The molecule has 0 aliphatic carbocycles. The largest absolute Gasteiger partial charge is 0.480 e. The van der Waals surface area contributed by atoms with Crippen LogP contribution in [0.15, 0.2) is 0 Å². The quantitative estimate of drug-likeness (QED) is 0.620. The highest BCUT2D eigenvalue weighted by Crippen LogP contribution is 2.33. The molecule has 0 radical (unpaired) electrons. The highest BCUT2D eigenvalue weighted by molar-refractivity contribution is 5.80. The summed E-state index contributed by atoms with van der Waals surface area (Å²) in [4.78, 5) is 23.5. The molecule has 1 aromatic heterocycles. The second-order valence-corrected chi connectivity index (χ2v) is 4.48. The lowest BCUT2D eigenvalue weighted by molar-refractivity contribution is -0.384. The van der Waals surface area contributed by atoms with Gasteiger partial charge in [-0.3, -0.25) is 10.1 Å². The number of carboxylic acids is 1. The van der Waals surface area contributed by atoms with Gasteiger partial charge in [-0.2, -0.15) is 5.10 Å². The number of hydrogen-bond acceptors (Lipinski definition) is 6. The Balaban J connectivity index is 2.52. The monoisotopic (exact) mass is 284 g/mol. The molecule has 1 aromatic rings. The molecule has 1 N–H and O–H groups in total. The lowest BCUT2D eigenvalue weighted by Crippen LogP contribution is -2.51. The highest BCUT2D eigenvalue weighted by Gasteiger charge is 2.37. The topological polar surface area (TPSA) is 111 Å². The maximum absolute atomic E-state index is 11.3. The van der Waals surface area contributed by atoms with Gasteiger partial charge in [-0.15, -0.1) is 0 Å². The Morgan fingerprint density at radius 2 is 2.35 bits per heavy atom. The number of aliphatic carboxylic acids is 1. The summed E-state index contributed by atoms with van der Waals surface area (Å²) >= 11 is 0. The van der Waals surface area contributed by atoms with Crippen LogP contribution in [0.3, 0.4) is 0 Å². The van der Waals surface area contributed by atoms with Gasteiger partial charge >= 0.3 is 11.7 Å².